The van der Waals surface area contributed by atoms with E-state index in [-0.39, 0.29) is 6.15 Å². The molecular formula is C4H14N2O. The molecule has 0 amide bonds. The summed E-state index contributed by atoms with van der Waals surface area (Å²) in [6.07, 6.45) is 0.858. The molecule has 0 atom stereocenters. The van der Waals surface area contributed by atoms with Crippen molar-refractivity contribution in [1.29, 1.82) is 0 Å². The molecule has 0 aromatic heterocycles. The molecule has 0 aliphatic heterocycles. The average molecular weight is 106 g/mol. The maximum Gasteiger partial charge on any atom is 0.0443 e. The van der Waals surface area contributed by atoms with Gasteiger partial charge in [-0.15, -0.1) is 0 Å². The third-order valence-corrected chi connectivity index (χ3v) is 0.585. The van der Waals surface area contributed by atoms with Crippen LogP contribution in [0.5, 0.6) is 0 Å². The highest BCUT2D eigenvalue weighted by atomic mass is 16.3. The molecule has 0 fully saturated rings. The van der Waals surface area contributed by atoms with E-state index in [4.69, 9.17) is 5.11 Å². The molecule has 5 N–H and O–H groups in total. The van der Waals surface area contributed by atoms with E-state index in [1.807, 2.05) is 7.05 Å². The topological polar surface area (TPSA) is 67.3 Å². The van der Waals surface area contributed by atoms with Crippen LogP contribution < -0.4 is 11.5 Å². The summed E-state index contributed by atoms with van der Waals surface area (Å²) in [5.74, 6) is 0. The number of hydrogen-bond acceptors (Lipinski definition) is 3. The van der Waals surface area contributed by atoms with Crippen molar-refractivity contribution in [3.63, 3.8) is 0 Å². The van der Waals surface area contributed by atoms with Crippen molar-refractivity contribution in [3.05, 3.63) is 0 Å². The summed E-state index contributed by atoms with van der Waals surface area (Å²) in [7, 11) is 1.87. The number of aliphatic hydroxyl groups excluding tert-OH is 1. The highest BCUT2D eigenvalue weighted by Crippen LogP contribution is 1.66. The summed E-state index contributed by atoms with van der Waals surface area (Å²) >= 11 is 0. The molecule has 46 valence electrons. The molecule has 0 bridgehead atoms. The summed E-state index contributed by atoms with van der Waals surface area (Å²) in [4.78, 5) is 0. The monoisotopic (exact) mass is 106 g/mol. The normalized spacial score (nSPS) is 7.71. The van der Waals surface area contributed by atoms with E-state index in [2.05, 4.69) is 5.32 Å². The van der Waals surface area contributed by atoms with Crippen molar-refractivity contribution in [2.24, 2.45) is 0 Å². The SMILES string of the molecule is CNCCCO.N. The lowest BCUT2D eigenvalue weighted by Crippen LogP contribution is -2.08. The van der Waals surface area contributed by atoms with Crippen LogP contribution in [-0.4, -0.2) is 25.3 Å². The summed E-state index contributed by atoms with van der Waals surface area (Å²) < 4.78 is 0. The minimum Gasteiger partial charge on any atom is -0.396 e. The Morgan fingerprint density at radius 2 is 2.14 bits per heavy atom. The lowest BCUT2D eigenvalue weighted by molar-refractivity contribution is 0.287. The van der Waals surface area contributed by atoms with E-state index in [1.165, 1.54) is 0 Å². The van der Waals surface area contributed by atoms with Gasteiger partial charge in [-0.2, -0.15) is 0 Å². The molecule has 0 heterocycles. The zero-order valence-electron chi connectivity index (χ0n) is 4.78. The molecule has 0 aromatic carbocycles. The van der Waals surface area contributed by atoms with Gasteiger partial charge in [-0.3, -0.25) is 0 Å². The Kier molecular flexibility index (Phi) is 13.3. The van der Waals surface area contributed by atoms with Gasteiger partial charge in [-0.25, -0.2) is 0 Å². The summed E-state index contributed by atoms with van der Waals surface area (Å²) in [6.45, 7) is 1.21. The van der Waals surface area contributed by atoms with Crippen molar-refractivity contribution < 1.29 is 5.11 Å². The number of hydrogen-bond donors (Lipinski definition) is 3. The third kappa shape index (κ3) is 10.7. The van der Waals surface area contributed by atoms with Gasteiger partial charge in [0.15, 0.2) is 0 Å². The van der Waals surface area contributed by atoms with E-state index in [1.54, 1.807) is 0 Å². The van der Waals surface area contributed by atoms with Crippen molar-refractivity contribution in [1.82, 2.24) is 11.5 Å². The zero-order chi connectivity index (χ0) is 4.83. The maximum atomic E-state index is 8.16. The van der Waals surface area contributed by atoms with E-state index in [9.17, 15) is 0 Å². The molecule has 3 heteroatoms. The molecule has 0 aliphatic carbocycles. The van der Waals surface area contributed by atoms with Crippen molar-refractivity contribution in [3.8, 4) is 0 Å². The summed E-state index contributed by atoms with van der Waals surface area (Å²) in [5, 5.41) is 11.1. The molecule has 0 aromatic rings. The molecule has 0 aliphatic rings. The Hall–Kier alpha value is -0.120. The van der Waals surface area contributed by atoms with E-state index >= 15 is 0 Å². The lowest BCUT2D eigenvalue weighted by atomic mass is 10.5. The highest BCUT2D eigenvalue weighted by Gasteiger charge is 1.74. The van der Waals surface area contributed by atoms with Gasteiger partial charge < -0.3 is 16.6 Å². The standard InChI is InChI=1S/C4H11NO.H3N/c1-5-3-2-4-6;/h5-6H,2-4H2,1H3;1H3. The van der Waals surface area contributed by atoms with E-state index < -0.39 is 0 Å². The minimum atomic E-state index is 0. The highest BCUT2D eigenvalue weighted by molar-refractivity contribution is 4.34. The van der Waals surface area contributed by atoms with Crippen LogP contribution in [0.4, 0.5) is 0 Å². The first kappa shape index (κ1) is 9.99. The van der Waals surface area contributed by atoms with Crippen LogP contribution in [0, 0.1) is 0 Å². The second-order valence-corrected chi connectivity index (χ2v) is 1.18. The van der Waals surface area contributed by atoms with E-state index in [0.717, 1.165) is 13.0 Å². The fourth-order valence-electron chi connectivity index (χ4n) is 0.256. The fourth-order valence-corrected chi connectivity index (χ4v) is 0.256. The van der Waals surface area contributed by atoms with Crippen LogP contribution in [0.15, 0.2) is 0 Å². The molecule has 3 nitrogen and oxygen atoms in total. The van der Waals surface area contributed by atoms with Gasteiger partial charge in [0.1, 0.15) is 0 Å². The third-order valence-electron chi connectivity index (χ3n) is 0.585. The molecule has 0 rings (SSSR count). The summed E-state index contributed by atoms with van der Waals surface area (Å²) in [6, 6.07) is 0. The number of aliphatic hydroxyl groups is 1. The van der Waals surface area contributed by atoms with Crippen LogP contribution in [0.2, 0.25) is 0 Å². The second kappa shape index (κ2) is 9.30. The van der Waals surface area contributed by atoms with Gasteiger partial charge >= 0.3 is 0 Å². The first-order chi connectivity index (χ1) is 2.91. The quantitative estimate of drug-likeness (QED) is 0.435. The second-order valence-electron chi connectivity index (χ2n) is 1.18. The summed E-state index contributed by atoms with van der Waals surface area (Å²) in [5.41, 5.74) is 0. The van der Waals surface area contributed by atoms with Crippen LogP contribution in [0.25, 0.3) is 0 Å². The van der Waals surface area contributed by atoms with Crippen molar-refractivity contribution in [2.45, 2.75) is 6.42 Å². The molecule has 0 saturated carbocycles. The van der Waals surface area contributed by atoms with Gasteiger partial charge in [0, 0.05) is 6.61 Å². The Labute approximate surface area is 44.3 Å². The van der Waals surface area contributed by atoms with E-state index in [0.29, 0.717) is 6.61 Å². The minimum absolute atomic E-state index is 0. The fraction of sp³-hybridized carbons (Fsp3) is 1.00. The Morgan fingerprint density at radius 1 is 1.57 bits per heavy atom. The van der Waals surface area contributed by atoms with Crippen LogP contribution >= 0.6 is 0 Å². The molecule has 0 radical (unpaired) electrons. The first-order valence-electron chi connectivity index (χ1n) is 2.17. The first-order valence-corrected chi connectivity index (χ1v) is 2.17. The van der Waals surface area contributed by atoms with Gasteiger partial charge in [0.25, 0.3) is 0 Å². The largest absolute Gasteiger partial charge is 0.396 e. The molecule has 0 saturated heterocycles. The predicted octanol–water partition coefficient (Wildman–Crippen LogP) is -0.250. The Balaban J connectivity index is 0. The number of nitrogens with one attached hydrogen (secondary N) is 1. The molecule has 7 heavy (non-hydrogen) atoms. The molecular weight excluding hydrogens is 92.1 g/mol. The van der Waals surface area contributed by atoms with Crippen molar-refractivity contribution in [2.75, 3.05) is 20.2 Å². The Bertz CT molecular complexity index is 21.7. The van der Waals surface area contributed by atoms with Gasteiger partial charge in [-0.1, -0.05) is 0 Å². The average Bonchev–Trinajstić information content (AvgIpc) is 1.61. The van der Waals surface area contributed by atoms with Crippen molar-refractivity contribution >= 4 is 0 Å². The molecule has 0 spiro atoms. The molecule has 0 unspecified atom stereocenters. The van der Waals surface area contributed by atoms with Crippen LogP contribution in [0.1, 0.15) is 6.42 Å². The Morgan fingerprint density at radius 3 is 2.29 bits per heavy atom. The number of rotatable bonds is 3. The van der Waals surface area contributed by atoms with Crippen LogP contribution in [0.3, 0.4) is 0 Å². The maximum absolute atomic E-state index is 8.16. The lowest BCUT2D eigenvalue weighted by Gasteiger charge is -1.89. The van der Waals surface area contributed by atoms with Crippen LogP contribution in [-0.2, 0) is 0 Å². The smallest absolute Gasteiger partial charge is 0.0443 e. The van der Waals surface area contributed by atoms with Gasteiger partial charge in [0.2, 0.25) is 0 Å². The zero-order valence-corrected chi connectivity index (χ0v) is 4.78. The van der Waals surface area contributed by atoms with Gasteiger partial charge in [0.05, 0.1) is 0 Å². The van der Waals surface area contributed by atoms with Gasteiger partial charge in [-0.05, 0) is 20.0 Å². The predicted molar refractivity (Wildman–Crippen MR) is 30.7 cm³/mol.